The molecule has 1 N–H and O–H groups in total. The number of morpholine rings is 1. The summed E-state index contributed by atoms with van der Waals surface area (Å²) in [7, 11) is 1.80. The van der Waals surface area contributed by atoms with E-state index in [9.17, 15) is 4.79 Å². The second kappa shape index (κ2) is 7.78. The highest BCUT2D eigenvalue weighted by Crippen LogP contribution is 2.42. The average Bonchev–Trinajstić information content (AvgIpc) is 3.24. The van der Waals surface area contributed by atoms with E-state index in [-0.39, 0.29) is 11.2 Å². The van der Waals surface area contributed by atoms with Gasteiger partial charge in [-0.25, -0.2) is 4.98 Å². The Labute approximate surface area is 205 Å². The second-order valence-corrected chi connectivity index (χ2v) is 10.7. The predicted molar refractivity (Wildman–Crippen MR) is 137 cm³/mol. The number of aryl methyl sites for hydroxylation is 1. The van der Waals surface area contributed by atoms with Gasteiger partial charge in [-0.1, -0.05) is 6.07 Å². The molecule has 3 aromatic rings. The van der Waals surface area contributed by atoms with Gasteiger partial charge in [-0.05, 0) is 42.3 Å². The van der Waals surface area contributed by atoms with E-state index in [1.165, 1.54) is 16.8 Å². The van der Waals surface area contributed by atoms with E-state index < -0.39 is 0 Å². The van der Waals surface area contributed by atoms with Gasteiger partial charge in [0.25, 0.3) is 5.56 Å². The largest absolute Gasteiger partial charge is 0.369 e. The molecular weight excluding hydrogens is 440 g/mol. The van der Waals surface area contributed by atoms with E-state index in [1.807, 2.05) is 6.07 Å². The Bertz CT molecular complexity index is 1360. The standard InChI is InChI=1S/C27H32N6O2/c1-18-12-31(23-11-25(34)30(2)26-22(23)4-3-7-29-26)14-24-21-6-5-20(10-19(21)13-33(18)24)32-16-27(17-32)15-28-8-9-35-27/h3-7,10-11,18,24,28H,8-9,12-17H2,1-2H3. The first-order valence-corrected chi connectivity index (χ1v) is 12.7. The lowest BCUT2D eigenvalue weighted by Crippen LogP contribution is -2.69. The van der Waals surface area contributed by atoms with Crippen LogP contribution in [0.1, 0.15) is 24.1 Å². The first-order chi connectivity index (χ1) is 17.0. The summed E-state index contributed by atoms with van der Waals surface area (Å²) in [5.41, 5.74) is 5.88. The van der Waals surface area contributed by atoms with Crippen molar-refractivity contribution in [2.45, 2.75) is 31.2 Å². The quantitative estimate of drug-likeness (QED) is 0.611. The number of ether oxygens (including phenoxy) is 1. The summed E-state index contributed by atoms with van der Waals surface area (Å²) in [5, 5.41) is 4.51. The van der Waals surface area contributed by atoms with Crippen LogP contribution in [0, 0.1) is 0 Å². The number of anilines is 2. The SMILES string of the molecule is CC1CN(c2cc(=O)n(C)c3ncccc23)CC2c3ccc(N4CC5(CNCCO5)C4)cc3CN12. The number of nitrogens with zero attached hydrogens (tertiary/aromatic N) is 5. The number of hydrogen-bond acceptors (Lipinski definition) is 7. The monoisotopic (exact) mass is 472 g/mol. The zero-order valence-electron chi connectivity index (χ0n) is 20.4. The van der Waals surface area contributed by atoms with E-state index in [2.05, 4.69) is 56.2 Å². The van der Waals surface area contributed by atoms with Gasteiger partial charge >= 0.3 is 0 Å². The van der Waals surface area contributed by atoms with Crippen molar-refractivity contribution in [3.63, 3.8) is 0 Å². The fraction of sp³-hybridized carbons (Fsp3) is 0.481. The van der Waals surface area contributed by atoms with Crippen molar-refractivity contribution >= 4 is 22.4 Å². The molecule has 8 nitrogen and oxygen atoms in total. The minimum Gasteiger partial charge on any atom is -0.369 e. The summed E-state index contributed by atoms with van der Waals surface area (Å²) in [6.45, 7) is 9.69. The minimum atomic E-state index is -0.0118. The molecule has 8 heteroatoms. The van der Waals surface area contributed by atoms with Gasteiger partial charge in [0.1, 0.15) is 11.2 Å². The summed E-state index contributed by atoms with van der Waals surface area (Å²) in [4.78, 5) is 24.7. The summed E-state index contributed by atoms with van der Waals surface area (Å²) in [6.07, 6.45) is 1.76. The third-order valence-corrected chi connectivity index (χ3v) is 8.45. The Balaban J connectivity index is 1.17. The molecule has 3 saturated heterocycles. The van der Waals surface area contributed by atoms with Gasteiger partial charge in [0, 0.05) is 69.2 Å². The Hall–Kier alpha value is -2.94. The highest BCUT2D eigenvalue weighted by molar-refractivity contribution is 5.89. The Morgan fingerprint density at radius 2 is 2.03 bits per heavy atom. The van der Waals surface area contributed by atoms with Crippen molar-refractivity contribution in [1.29, 1.82) is 0 Å². The van der Waals surface area contributed by atoms with Crippen LogP contribution >= 0.6 is 0 Å². The predicted octanol–water partition coefficient (Wildman–Crippen LogP) is 1.88. The van der Waals surface area contributed by atoms with Crippen LogP contribution in [0.25, 0.3) is 11.0 Å². The van der Waals surface area contributed by atoms with Crippen molar-refractivity contribution in [3.8, 4) is 0 Å². The molecule has 1 spiro atoms. The maximum atomic E-state index is 12.7. The molecular formula is C27H32N6O2. The molecule has 2 atom stereocenters. The molecule has 6 heterocycles. The van der Waals surface area contributed by atoms with E-state index in [1.54, 1.807) is 23.9 Å². The number of benzene rings is 1. The number of aromatic nitrogens is 2. The molecule has 3 fully saturated rings. The van der Waals surface area contributed by atoms with Gasteiger partial charge in [-0.15, -0.1) is 0 Å². The zero-order chi connectivity index (χ0) is 23.7. The van der Waals surface area contributed by atoms with Crippen LogP contribution in [-0.2, 0) is 18.3 Å². The first-order valence-electron chi connectivity index (χ1n) is 12.7. The molecule has 35 heavy (non-hydrogen) atoms. The fourth-order valence-electron chi connectivity index (χ4n) is 6.57. The molecule has 2 aromatic heterocycles. The molecule has 0 amide bonds. The first kappa shape index (κ1) is 21.4. The number of piperazine rings is 1. The molecule has 4 aliphatic rings. The van der Waals surface area contributed by atoms with Crippen LogP contribution in [-0.4, -0.2) is 72.0 Å². The van der Waals surface area contributed by atoms with Crippen LogP contribution in [0.15, 0.2) is 47.4 Å². The van der Waals surface area contributed by atoms with Crippen LogP contribution in [0.2, 0.25) is 0 Å². The Kier molecular flexibility index (Phi) is 4.75. The van der Waals surface area contributed by atoms with Crippen molar-refractivity contribution in [1.82, 2.24) is 19.8 Å². The molecule has 0 aliphatic carbocycles. The molecule has 4 aliphatic heterocycles. The normalized spacial score (nSPS) is 25.5. The lowest BCUT2D eigenvalue weighted by Gasteiger charge is -2.52. The highest BCUT2D eigenvalue weighted by atomic mass is 16.5. The topological polar surface area (TPSA) is 65.9 Å². The van der Waals surface area contributed by atoms with Crippen LogP contribution in [0.5, 0.6) is 0 Å². The molecule has 2 unspecified atom stereocenters. The van der Waals surface area contributed by atoms with Gasteiger partial charge in [0.2, 0.25) is 0 Å². The lowest BCUT2D eigenvalue weighted by atomic mass is 9.91. The number of fused-ring (bicyclic) bond motifs is 4. The minimum absolute atomic E-state index is 0.00581. The van der Waals surface area contributed by atoms with Crippen molar-refractivity contribution in [2.24, 2.45) is 7.05 Å². The number of nitrogens with one attached hydrogen (secondary N) is 1. The summed E-state index contributed by atoms with van der Waals surface area (Å²) >= 11 is 0. The van der Waals surface area contributed by atoms with E-state index >= 15 is 0 Å². The smallest absolute Gasteiger partial charge is 0.253 e. The third kappa shape index (κ3) is 3.31. The van der Waals surface area contributed by atoms with Crippen LogP contribution in [0.3, 0.4) is 0 Å². The number of hydrogen-bond donors (Lipinski definition) is 1. The fourth-order valence-corrected chi connectivity index (χ4v) is 6.57. The maximum Gasteiger partial charge on any atom is 0.253 e. The van der Waals surface area contributed by atoms with Gasteiger partial charge in [-0.3, -0.25) is 14.3 Å². The maximum absolute atomic E-state index is 12.7. The summed E-state index contributed by atoms with van der Waals surface area (Å²) in [6, 6.07) is 13.5. The Morgan fingerprint density at radius 1 is 1.14 bits per heavy atom. The van der Waals surface area contributed by atoms with Crippen molar-refractivity contribution in [3.05, 3.63) is 64.1 Å². The highest BCUT2D eigenvalue weighted by Gasteiger charge is 2.46. The zero-order valence-corrected chi connectivity index (χ0v) is 20.4. The molecule has 0 radical (unpaired) electrons. The molecule has 0 saturated carbocycles. The lowest BCUT2D eigenvalue weighted by molar-refractivity contribution is -0.0828. The summed E-state index contributed by atoms with van der Waals surface area (Å²) in [5.74, 6) is 0. The van der Waals surface area contributed by atoms with Gasteiger partial charge < -0.3 is 19.9 Å². The molecule has 1 aromatic carbocycles. The molecule has 7 rings (SSSR count). The number of rotatable bonds is 2. The third-order valence-electron chi connectivity index (χ3n) is 8.45. The van der Waals surface area contributed by atoms with Gasteiger partial charge in [0.05, 0.1) is 31.4 Å². The van der Waals surface area contributed by atoms with E-state index in [0.717, 1.165) is 69.1 Å². The van der Waals surface area contributed by atoms with E-state index in [0.29, 0.717) is 12.1 Å². The van der Waals surface area contributed by atoms with Crippen molar-refractivity contribution < 1.29 is 4.74 Å². The number of pyridine rings is 2. The molecule has 0 bridgehead atoms. The van der Waals surface area contributed by atoms with Crippen LogP contribution in [0.4, 0.5) is 11.4 Å². The van der Waals surface area contributed by atoms with E-state index in [4.69, 9.17) is 4.74 Å². The molecule has 182 valence electrons. The Morgan fingerprint density at radius 3 is 2.86 bits per heavy atom. The van der Waals surface area contributed by atoms with Gasteiger partial charge in [0.15, 0.2) is 0 Å². The summed E-state index contributed by atoms with van der Waals surface area (Å²) < 4.78 is 7.73. The van der Waals surface area contributed by atoms with Gasteiger partial charge in [-0.2, -0.15) is 0 Å². The van der Waals surface area contributed by atoms with Crippen LogP contribution < -0.4 is 20.7 Å². The average molecular weight is 473 g/mol. The second-order valence-electron chi connectivity index (χ2n) is 10.7. The van der Waals surface area contributed by atoms with Crippen molar-refractivity contribution in [2.75, 3.05) is 55.7 Å².